The molecule has 7 nitrogen and oxygen atoms in total. The Labute approximate surface area is 135 Å². The van der Waals surface area contributed by atoms with Gasteiger partial charge in [0, 0.05) is 6.04 Å². The average molecular weight is 338 g/mol. The highest BCUT2D eigenvalue weighted by Gasteiger charge is 2.16. The molecule has 124 valence electrons. The second-order valence-electron chi connectivity index (χ2n) is 4.86. The molecule has 0 bridgehead atoms. The monoisotopic (exact) mass is 338 g/mol. The first kappa shape index (κ1) is 18.7. The van der Waals surface area contributed by atoms with Crippen LogP contribution in [0.25, 0.3) is 0 Å². The number of carbonyl (C=O) groups is 2. The van der Waals surface area contributed by atoms with Crippen molar-refractivity contribution in [1.82, 2.24) is 10.0 Å². The topological polar surface area (TPSA) is 102 Å². The molecule has 1 aromatic carbocycles. The van der Waals surface area contributed by atoms with Crippen LogP contribution in [0.4, 0.5) is 0 Å². The minimum absolute atomic E-state index is 0.0366. The van der Waals surface area contributed by atoms with Gasteiger partial charge in [-0.2, -0.15) is 0 Å². The van der Waals surface area contributed by atoms with Gasteiger partial charge >= 0.3 is 5.97 Å². The van der Waals surface area contributed by atoms with Gasteiger partial charge in [-0.05, 0) is 38.1 Å². The van der Waals surface area contributed by atoms with Crippen molar-refractivity contribution >= 4 is 21.9 Å². The molecule has 0 saturated carbocycles. The normalized spacial score (nSPS) is 10.9. The van der Waals surface area contributed by atoms with Crippen LogP contribution in [0.15, 0.2) is 29.2 Å². The van der Waals surface area contributed by atoms with E-state index in [1.807, 2.05) is 0 Å². The van der Waals surface area contributed by atoms with E-state index in [4.69, 9.17) is 11.2 Å². The number of hydrogen-bond acceptors (Lipinski definition) is 5. The van der Waals surface area contributed by atoms with Crippen molar-refractivity contribution in [2.75, 3.05) is 13.2 Å². The SMILES string of the molecule is C#CCNC(=O)COC(=O)c1ccc(S(=O)(=O)NC(C)C)cc1. The van der Waals surface area contributed by atoms with Gasteiger partial charge in [-0.25, -0.2) is 17.9 Å². The Morgan fingerprint density at radius 3 is 2.39 bits per heavy atom. The maximum atomic E-state index is 11.9. The highest BCUT2D eigenvalue weighted by atomic mass is 32.2. The first-order valence-electron chi connectivity index (χ1n) is 6.76. The molecule has 1 aromatic rings. The van der Waals surface area contributed by atoms with Crippen LogP contribution >= 0.6 is 0 Å². The van der Waals surface area contributed by atoms with E-state index in [9.17, 15) is 18.0 Å². The summed E-state index contributed by atoms with van der Waals surface area (Å²) >= 11 is 0. The fraction of sp³-hybridized carbons (Fsp3) is 0.333. The Balaban J connectivity index is 2.68. The molecule has 23 heavy (non-hydrogen) atoms. The van der Waals surface area contributed by atoms with Crippen LogP contribution in [-0.4, -0.2) is 39.5 Å². The van der Waals surface area contributed by atoms with E-state index in [2.05, 4.69) is 16.0 Å². The third kappa shape index (κ3) is 6.10. The van der Waals surface area contributed by atoms with Crippen LogP contribution in [0.1, 0.15) is 24.2 Å². The number of amides is 1. The largest absolute Gasteiger partial charge is 0.452 e. The standard InChI is InChI=1S/C15H18N2O5S/c1-4-9-16-14(18)10-22-15(19)12-5-7-13(8-6-12)23(20,21)17-11(2)3/h1,5-8,11,17H,9-10H2,2-3H3,(H,16,18). The Kier molecular flexibility index (Phi) is 6.75. The summed E-state index contributed by atoms with van der Waals surface area (Å²) < 4.78 is 31.1. The van der Waals surface area contributed by atoms with E-state index in [0.29, 0.717) is 0 Å². The molecule has 8 heteroatoms. The zero-order chi connectivity index (χ0) is 17.5. The van der Waals surface area contributed by atoms with Crippen molar-refractivity contribution in [2.45, 2.75) is 24.8 Å². The number of benzene rings is 1. The summed E-state index contributed by atoms with van der Waals surface area (Å²) in [6.07, 6.45) is 4.98. The average Bonchev–Trinajstić information content (AvgIpc) is 2.49. The summed E-state index contributed by atoms with van der Waals surface area (Å²) in [4.78, 5) is 23.0. The Hall–Kier alpha value is -2.37. The predicted molar refractivity (Wildman–Crippen MR) is 84.0 cm³/mol. The number of terminal acetylenes is 1. The molecular weight excluding hydrogens is 320 g/mol. The molecule has 0 spiro atoms. The van der Waals surface area contributed by atoms with Crippen molar-refractivity contribution < 1.29 is 22.7 Å². The second-order valence-corrected chi connectivity index (χ2v) is 6.57. The number of esters is 1. The van der Waals surface area contributed by atoms with Crippen LogP contribution in [0.2, 0.25) is 0 Å². The van der Waals surface area contributed by atoms with E-state index in [0.717, 1.165) is 0 Å². The minimum Gasteiger partial charge on any atom is -0.452 e. The molecule has 0 saturated heterocycles. The molecule has 0 aliphatic heterocycles. The smallest absolute Gasteiger partial charge is 0.338 e. The molecule has 0 heterocycles. The molecule has 0 aliphatic rings. The zero-order valence-corrected chi connectivity index (χ0v) is 13.6. The Morgan fingerprint density at radius 1 is 1.26 bits per heavy atom. The van der Waals surface area contributed by atoms with Gasteiger partial charge in [-0.3, -0.25) is 4.79 Å². The van der Waals surface area contributed by atoms with Crippen LogP contribution in [0.3, 0.4) is 0 Å². The lowest BCUT2D eigenvalue weighted by Crippen LogP contribution is -2.30. The molecular formula is C15H18N2O5S. The highest BCUT2D eigenvalue weighted by Crippen LogP contribution is 2.12. The maximum absolute atomic E-state index is 11.9. The summed E-state index contributed by atoms with van der Waals surface area (Å²) in [6.45, 7) is 2.99. The van der Waals surface area contributed by atoms with Gasteiger partial charge in [0.2, 0.25) is 10.0 Å². The van der Waals surface area contributed by atoms with Crippen molar-refractivity contribution in [3.8, 4) is 12.3 Å². The van der Waals surface area contributed by atoms with E-state index in [1.165, 1.54) is 24.3 Å². The molecule has 1 rings (SSSR count). The van der Waals surface area contributed by atoms with Crippen molar-refractivity contribution in [1.29, 1.82) is 0 Å². The number of sulfonamides is 1. The predicted octanol–water partition coefficient (Wildman–Crippen LogP) is 0.280. The van der Waals surface area contributed by atoms with Gasteiger partial charge in [-0.1, -0.05) is 5.92 Å². The van der Waals surface area contributed by atoms with Crippen LogP contribution in [0.5, 0.6) is 0 Å². The first-order chi connectivity index (χ1) is 10.8. The Morgan fingerprint density at radius 2 is 1.87 bits per heavy atom. The number of hydrogen-bond donors (Lipinski definition) is 2. The second kappa shape index (κ2) is 8.31. The molecule has 0 aliphatic carbocycles. The maximum Gasteiger partial charge on any atom is 0.338 e. The fourth-order valence-electron chi connectivity index (χ4n) is 1.56. The quantitative estimate of drug-likeness (QED) is 0.549. The Bertz CT molecular complexity index is 702. The molecule has 0 aromatic heterocycles. The third-order valence-corrected chi connectivity index (χ3v) is 4.19. The van der Waals surface area contributed by atoms with E-state index < -0.39 is 28.5 Å². The summed E-state index contributed by atoms with van der Waals surface area (Å²) in [7, 11) is -3.62. The van der Waals surface area contributed by atoms with Gasteiger partial charge in [0.05, 0.1) is 17.0 Å². The summed E-state index contributed by atoms with van der Waals surface area (Å²) in [5.74, 6) is 0.965. The number of nitrogens with one attached hydrogen (secondary N) is 2. The lowest BCUT2D eigenvalue weighted by molar-refractivity contribution is -0.123. The van der Waals surface area contributed by atoms with Crippen molar-refractivity contribution in [2.24, 2.45) is 0 Å². The highest BCUT2D eigenvalue weighted by molar-refractivity contribution is 7.89. The van der Waals surface area contributed by atoms with E-state index >= 15 is 0 Å². The fourth-order valence-corrected chi connectivity index (χ4v) is 2.81. The van der Waals surface area contributed by atoms with E-state index in [-0.39, 0.29) is 23.0 Å². The molecule has 0 atom stereocenters. The lowest BCUT2D eigenvalue weighted by atomic mass is 10.2. The van der Waals surface area contributed by atoms with Gasteiger partial charge < -0.3 is 10.1 Å². The molecule has 2 N–H and O–H groups in total. The van der Waals surface area contributed by atoms with Gasteiger partial charge in [0.1, 0.15) is 0 Å². The molecule has 1 amide bonds. The number of rotatable bonds is 7. The number of ether oxygens (including phenoxy) is 1. The summed E-state index contributed by atoms with van der Waals surface area (Å²) in [6, 6.07) is 4.97. The zero-order valence-electron chi connectivity index (χ0n) is 12.8. The first-order valence-corrected chi connectivity index (χ1v) is 8.24. The van der Waals surface area contributed by atoms with Crippen LogP contribution in [0, 0.1) is 12.3 Å². The van der Waals surface area contributed by atoms with Gasteiger partial charge in [0.15, 0.2) is 6.61 Å². The van der Waals surface area contributed by atoms with Crippen LogP contribution in [-0.2, 0) is 19.6 Å². The summed E-state index contributed by atoms with van der Waals surface area (Å²) in [5.41, 5.74) is 0.137. The molecule has 0 unspecified atom stereocenters. The van der Waals surface area contributed by atoms with Crippen molar-refractivity contribution in [3.63, 3.8) is 0 Å². The van der Waals surface area contributed by atoms with Gasteiger partial charge in [0.25, 0.3) is 5.91 Å². The number of carbonyl (C=O) groups excluding carboxylic acids is 2. The minimum atomic E-state index is -3.62. The van der Waals surface area contributed by atoms with E-state index in [1.54, 1.807) is 13.8 Å². The molecule has 0 radical (unpaired) electrons. The van der Waals surface area contributed by atoms with Crippen molar-refractivity contribution in [3.05, 3.63) is 29.8 Å². The molecule has 0 fully saturated rings. The van der Waals surface area contributed by atoms with Crippen LogP contribution < -0.4 is 10.0 Å². The van der Waals surface area contributed by atoms with Gasteiger partial charge in [-0.15, -0.1) is 6.42 Å². The summed E-state index contributed by atoms with van der Waals surface area (Å²) in [5, 5.41) is 2.35. The lowest BCUT2D eigenvalue weighted by Gasteiger charge is -2.10. The third-order valence-electron chi connectivity index (χ3n) is 2.51.